The van der Waals surface area contributed by atoms with Crippen molar-refractivity contribution in [3.63, 3.8) is 0 Å². The average Bonchev–Trinajstić information content (AvgIpc) is 1.93. The molecule has 0 saturated heterocycles. The van der Waals surface area contributed by atoms with Gasteiger partial charge in [-0.05, 0) is 14.0 Å². The lowest BCUT2D eigenvalue weighted by Crippen LogP contribution is -2.01. The molecule has 0 fully saturated rings. The summed E-state index contributed by atoms with van der Waals surface area (Å²) in [6, 6.07) is 0. The van der Waals surface area contributed by atoms with E-state index in [0.29, 0.717) is 0 Å². The van der Waals surface area contributed by atoms with Crippen molar-refractivity contribution in [3.8, 4) is 0 Å². The number of hydrogen-bond acceptors (Lipinski definition) is 4. The quantitative estimate of drug-likeness (QED) is 0.432. The van der Waals surface area contributed by atoms with E-state index in [1.165, 1.54) is 27.8 Å². The first-order valence-electron chi connectivity index (χ1n) is 3.05. The van der Waals surface area contributed by atoms with Crippen LogP contribution in [0.4, 0.5) is 0 Å². The molecule has 0 aromatic heterocycles. The summed E-state index contributed by atoms with van der Waals surface area (Å²) in [5, 5.41) is 0. The fraction of sp³-hybridized carbons (Fsp3) is 0.571. The van der Waals surface area contributed by atoms with Crippen LogP contribution in [0.5, 0.6) is 0 Å². The van der Waals surface area contributed by atoms with Gasteiger partial charge in [0.1, 0.15) is 6.29 Å². The molecule has 4 nitrogen and oxygen atoms in total. The Bertz CT molecular complexity index is 109. The van der Waals surface area contributed by atoms with Gasteiger partial charge in [-0.15, -0.1) is 0 Å². The molecule has 0 rings (SSSR count). The van der Waals surface area contributed by atoms with Gasteiger partial charge in [0.05, 0.1) is 0 Å². The molecule has 0 spiro atoms. The van der Waals surface area contributed by atoms with Crippen molar-refractivity contribution in [2.24, 2.45) is 5.73 Å². The monoisotopic (exact) mass is 161 g/mol. The highest BCUT2D eigenvalue weighted by Crippen LogP contribution is 1.66. The van der Waals surface area contributed by atoms with E-state index in [1.54, 1.807) is 0 Å². The van der Waals surface area contributed by atoms with Gasteiger partial charge in [-0.25, -0.2) is 0 Å². The summed E-state index contributed by atoms with van der Waals surface area (Å²) in [6.45, 7) is 3.95. The van der Waals surface area contributed by atoms with E-state index in [4.69, 9.17) is 4.79 Å². The highest BCUT2D eigenvalue weighted by Gasteiger charge is 1.94. The Morgan fingerprint density at radius 1 is 1.09 bits per heavy atom. The van der Waals surface area contributed by atoms with Crippen molar-refractivity contribution < 1.29 is 14.4 Å². The van der Waals surface area contributed by atoms with Gasteiger partial charge in [0.15, 0.2) is 11.6 Å². The Kier molecular flexibility index (Phi) is 24.0. The maximum absolute atomic E-state index is 9.79. The number of hydrogen-bond donors (Lipinski definition) is 1. The first-order valence-corrected chi connectivity index (χ1v) is 3.05. The first kappa shape index (κ1) is 16.5. The van der Waals surface area contributed by atoms with E-state index in [-0.39, 0.29) is 11.6 Å². The number of carbonyl (C=O) groups is 3. The van der Waals surface area contributed by atoms with Gasteiger partial charge in [0.25, 0.3) is 0 Å². The van der Waals surface area contributed by atoms with E-state index in [9.17, 15) is 9.59 Å². The van der Waals surface area contributed by atoms with Gasteiger partial charge in [-0.1, -0.05) is 0 Å². The number of carbonyl (C=O) groups excluding carboxylic acids is 3. The summed E-state index contributed by atoms with van der Waals surface area (Å²) < 4.78 is 0. The number of rotatable bonds is 1. The first-order chi connectivity index (χ1) is 5.06. The van der Waals surface area contributed by atoms with Crippen LogP contribution in [0, 0.1) is 0 Å². The molecule has 2 N–H and O–H groups in total. The van der Waals surface area contributed by atoms with Crippen LogP contribution in [0.25, 0.3) is 0 Å². The van der Waals surface area contributed by atoms with Gasteiger partial charge in [-0.2, -0.15) is 0 Å². The SMILES string of the molecule is CC(=O)C(C)=O.CC=O.CN. The van der Waals surface area contributed by atoms with Crippen LogP contribution in [-0.2, 0) is 14.4 Å². The molecule has 4 heteroatoms. The van der Waals surface area contributed by atoms with Crippen LogP contribution in [-0.4, -0.2) is 24.9 Å². The van der Waals surface area contributed by atoms with Gasteiger partial charge in [-0.3, -0.25) is 9.59 Å². The molecule has 0 aromatic carbocycles. The van der Waals surface area contributed by atoms with Crippen molar-refractivity contribution in [1.29, 1.82) is 0 Å². The smallest absolute Gasteiger partial charge is 0.195 e. The Morgan fingerprint density at radius 3 is 1.18 bits per heavy atom. The van der Waals surface area contributed by atoms with E-state index in [1.807, 2.05) is 0 Å². The second-order valence-corrected chi connectivity index (χ2v) is 1.35. The molecule has 0 aliphatic heterocycles. The van der Waals surface area contributed by atoms with Gasteiger partial charge in [0, 0.05) is 13.8 Å². The molecule has 0 aliphatic rings. The van der Waals surface area contributed by atoms with E-state index in [2.05, 4.69) is 5.73 Å². The predicted molar refractivity (Wildman–Crippen MR) is 43.2 cm³/mol. The van der Waals surface area contributed by atoms with E-state index < -0.39 is 0 Å². The summed E-state index contributed by atoms with van der Waals surface area (Å²) in [6.07, 6.45) is 0.750. The molecule has 0 bridgehead atoms. The highest BCUT2D eigenvalue weighted by molar-refractivity contribution is 6.35. The normalized spacial score (nSPS) is 5.91. The molecule has 0 aromatic rings. The number of ketones is 2. The van der Waals surface area contributed by atoms with E-state index in [0.717, 1.165) is 6.29 Å². The van der Waals surface area contributed by atoms with Gasteiger partial charge in [0.2, 0.25) is 0 Å². The Labute approximate surface area is 66.8 Å². The summed E-state index contributed by atoms with van der Waals surface area (Å²) >= 11 is 0. The molecule has 11 heavy (non-hydrogen) atoms. The minimum Gasteiger partial charge on any atom is -0.333 e. The molecule has 0 aliphatic carbocycles. The molecule has 0 unspecified atom stereocenters. The maximum atomic E-state index is 9.79. The summed E-state index contributed by atoms with van der Waals surface area (Å²) in [5.74, 6) is -0.759. The fourth-order valence-electron chi connectivity index (χ4n) is 0. The number of Topliss-reactive ketones (excluding diaryl/α,β-unsaturated/α-hetero) is 2. The third-order valence-electron chi connectivity index (χ3n) is 0.496. The molecule has 0 radical (unpaired) electrons. The lowest BCUT2D eigenvalue weighted by Gasteiger charge is -1.73. The predicted octanol–water partition coefficient (Wildman–Crippen LogP) is -0.0555. The summed E-state index contributed by atoms with van der Waals surface area (Å²) in [5.41, 5.74) is 4.50. The van der Waals surface area contributed by atoms with Crippen LogP contribution in [0.2, 0.25) is 0 Å². The van der Waals surface area contributed by atoms with Gasteiger partial charge < -0.3 is 10.5 Å². The minimum atomic E-state index is -0.380. The maximum Gasteiger partial charge on any atom is 0.195 e. The third kappa shape index (κ3) is 49.4. The Hall–Kier alpha value is -1.03. The van der Waals surface area contributed by atoms with Crippen molar-refractivity contribution in [2.45, 2.75) is 20.8 Å². The fourth-order valence-corrected chi connectivity index (χ4v) is 0. The second kappa shape index (κ2) is 16.0. The topological polar surface area (TPSA) is 77.2 Å². The van der Waals surface area contributed by atoms with Crippen LogP contribution in [0.1, 0.15) is 20.8 Å². The van der Waals surface area contributed by atoms with Crippen molar-refractivity contribution in [1.82, 2.24) is 0 Å². The van der Waals surface area contributed by atoms with Crippen molar-refractivity contribution in [3.05, 3.63) is 0 Å². The number of nitrogens with two attached hydrogens (primary N) is 1. The molecule has 0 saturated carbocycles. The molecular formula is C7H15NO3. The molecule has 0 amide bonds. The minimum absolute atomic E-state index is 0.380. The molecular weight excluding hydrogens is 146 g/mol. The zero-order valence-electron chi connectivity index (χ0n) is 7.38. The highest BCUT2D eigenvalue weighted by atomic mass is 16.2. The van der Waals surface area contributed by atoms with Crippen LogP contribution in [0.15, 0.2) is 0 Å². The average molecular weight is 161 g/mol. The van der Waals surface area contributed by atoms with Crippen LogP contribution < -0.4 is 5.73 Å². The summed E-state index contributed by atoms with van der Waals surface area (Å²) in [4.78, 5) is 28.4. The lowest BCUT2D eigenvalue weighted by molar-refractivity contribution is -0.134. The molecule has 0 atom stereocenters. The van der Waals surface area contributed by atoms with Crippen molar-refractivity contribution >= 4 is 17.9 Å². The zero-order chi connectivity index (χ0) is 9.86. The van der Waals surface area contributed by atoms with Gasteiger partial charge >= 0.3 is 0 Å². The summed E-state index contributed by atoms with van der Waals surface area (Å²) in [7, 11) is 1.50. The Balaban J connectivity index is -0.000000109. The Morgan fingerprint density at radius 2 is 1.18 bits per heavy atom. The van der Waals surface area contributed by atoms with Crippen LogP contribution >= 0.6 is 0 Å². The second-order valence-electron chi connectivity index (χ2n) is 1.35. The zero-order valence-corrected chi connectivity index (χ0v) is 7.38. The third-order valence-corrected chi connectivity index (χ3v) is 0.496. The van der Waals surface area contributed by atoms with Crippen LogP contribution in [0.3, 0.4) is 0 Å². The number of aldehydes is 1. The van der Waals surface area contributed by atoms with E-state index >= 15 is 0 Å². The van der Waals surface area contributed by atoms with Crippen molar-refractivity contribution in [2.75, 3.05) is 7.05 Å². The standard InChI is InChI=1S/C4H6O2.C2H4O.CH5N/c1-3(5)4(2)6;1-2-3;1-2/h1-2H3;2H,1H3;2H2,1H3. The molecule has 66 valence electrons. The largest absolute Gasteiger partial charge is 0.333 e. The molecule has 0 heterocycles. The lowest BCUT2D eigenvalue weighted by atomic mass is 10.3.